The smallest absolute Gasteiger partial charge is 0.0714 e. The van der Waals surface area contributed by atoms with E-state index in [-0.39, 0.29) is 0 Å². The molecule has 0 N–H and O–H groups in total. The number of fused-ring (bicyclic) bond motifs is 3. The van der Waals surface area contributed by atoms with Gasteiger partial charge in [-0.15, -0.1) is 0 Å². The zero-order chi connectivity index (χ0) is 30.2. The summed E-state index contributed by atoms with van der Waals surface area (Å²) in [6, 6.07) is 66.0. The van der Waals surface area contributed by atoms with Gasteiger partial charge >= 0.3 is 0 Å². The molecule has 7 aromatic rings. The number of hydrogen-bond acceptors (Lipinski definition) is 1. The molecule has 0 spiro atoms. The average Bonchev–Trinajstić information content (AvgIpc) is 3.41. The summed E-state index contributed by atoms with van der Waals surface area (Å²) in [5, 5.41) is 0. The maximum Gasteiger partial charge on any atom is 0.0714 e. The van der Waals surface area contributed by atoms with Crippen LogP contribution in [0.1, 0.15) is 22.3 Å². The zero-order valence-electron chi connectivity index (χ0n) is 24.6. The topological polar surface area (TPSA) is 3.24 Å². The van der Waals surface area contributed by atoms with E-state index in [1.54, 1.807) is 0 Å². The maximum absolute atomic E-state index is 3.56. The van der Waals surface area contributed by atoms with Gasteiger partial charge in [-0.2, -0.15) is 0 Å². The second-order valence-corrected chi connectivity index (χ2v) is 12.4. The van der Waals surface area contributed by atoms with Crippen LogP contribution in [0.5, 0.6) is 0 Å². The molecule has 0 saturated carbocycles. The summed E-state index contributed by atoms with van der Waals surface area (Å²) in [6.45, 7) is 0. The van der Waals surface area contributed by atoms with Crippen LogP contribution in [0.2, 0.25) is 0 Å². The minimum atomic E-state index is -0.446. The molecule has 8 rings (SSSR count). The lowest BCUT2D eigenvalue weighted by molar-refractivity contribution is 0.768. The molecule has 1 aliphatic carbocycles. The third kappa shape index (κ3) is 4.61. The highest BCUT2D eigenvalue weighted by Gasteiger charge is 2.46. The quantitative estimate of drug-likeness (QED) is 0.175. The lowest BCUT2D eigenvalue weighted by Crippen LogP contribution is -2.28. The predicted octanol–water partition coefficient (Wildman–Crippen LogP) is 11.9. The molecular formula is C43H30BrN. The molecule has 45 heavy (non-hydrogen) atoms. The Kier molecular flexibility index (Phi) is 6.93. The molecule has 0 radical (unpaired) electrons. The Morgan fingerprint density at radius 2 is 0.844 bits per heavy atom. The summed E-state index contributed by atoms with van der Waals surface area (Å²) in [5.74, 6) is 0. The zero-order valence-corrected chi connectivity index (χ0v) is 26.2. The maximum atomic E-state index is 3.56. The van der Waals surface area contributed by atoms with Crippen molar-refractivity contribution in [1.82, 2.24) is 0 Å². The van der Waals surface area contributed by atoms with Gasteiger partial charge in [0.05, 0.1) is 5.41 Å². The third-order valence-corrected chi connectivity index (χ3v) is 9.55. The monoisotopic (exact) mass is 639 g/mol. The number of rotatable bonds is 6. The molecule has 0 bridgehead atoms. The fourth-order valence-electron chi connectivity index (χ4n) is 7.04. The van der Waals surface area contributed by atoms with Gasteiger partial charge in [-0.25, -0.2) is 0 Å². The molecule has 1 aliphatic rings. The van der Waals surface area contributed by atoms with E-state index in [1.807, 2.05) is 0 Å². The highest BCUT2D eigenvalue weighted by molar-refractivity contribution is 9.10. The van der Waals surface area contributed by atoms with Crippen molar-refractivity contribution in [1.29, 1.82) is 0 Å². The molecule has 0 amide bonds. The van der Waals surface area contributed by atoms with Crippen LogP contribution in [0.3, 0.4) is 0 Å². The molecule has 0 fully saturated rings. The standard InChI is InChI=1S/C43H30BrN/c44-35-24-20-31(21-25-35)32-22-26-37(27-23-32)45(36-16-8-3-9-17-36)38-28-29-40-39-18-10-11-19-41(39)43(42(40)30-38,33-12-4-1-5-13-33)34-14-6-2-7-15-34/h1-30H. The van der Waals surface area contributed by atoms with Crippen molar-refractivity contribution in [2.24, 2.45) is 0 Å². The van der Waals surface area contributed by atoms with Gasteiger partial charge in [-0.05, 0) is 93.0 Å². The van der Waals surface area contributed by atoms with Crippen molar-refractivity contribution in [3.63, 3.8) is 0 Å². The summed E-state index contributed by atoms with van der Waals surface area (Å²) >= 11 is 3.56. The Balaban J connectivity index is 1.35. The first-order valence-corrected chi connectivity index (χ1v) is 16.1. The predicted molar refractivity (Wildman–Crippen MR) is 192 cm³/mol. The van der Waals surface area contributed by atoms with E-state index in [0.29, 0.717) is 0 Å². The number of anilines is 3. The Morgan fingerprint density at radius 3 is 1.47 bits per heavy atom. The summed E-state index contributed by atoms with van der Waals surface area (Å²) in [4.78, 5) is 2.37. The molecule has 7 aromatic carbocycles. The van der Waals surface area contributed by atoms with Gasteiger partial charge in [0.1, 0.15) is 0 Å². The number of halogens is 1. The fraction of sp³-hybridized carbons (Fsp3) is 0.0233. The first-order chi connectivity index (χ1) is 22.2. The third-order valence-electron chi connectivity index (χ3n) is 9.02. The molecule has 0 aliphatic heterocycles. The molecular weight excluding hydrogens is 610 g/mol. The van der Waals surface area contributed by atoms with Crippen LogP contribution in [0.4, 0.5) is 17.1 Å². The van der Waals surface area contributed by atoms with Gasteiger partial charge in [-0.3, -0.25) is 0 Å². The van der Waals surface area contributed by atoms with E-state index in [4.69, 9.17) is 0 Å². The van der Waals surface area contributed by atoms with Crippen molar-refractivity contribution in [2.45, 2.75) is 5.41 Å². The first kappa shape index (κ1) is 27.4. The summed E-state index contributed by atoms with van der Waals surface area (Å²) in [6.07, 6.45) is 0. The molecule has 0 atom stereocenters. The number of nitrogens with zero attached hydrogens (tertiary/aromatic N) is 1. The van der Waals surface area contributed by atoms with Crippen molar-refractivity contribution in [2.75, 3.05) is 4.90 Å². The minimum Gasteiger partial charge on any atom is -0.310 e. The van der Waals surface area contributed by atoms with Crippen molar-refractivity contribution in [3.8, 4) is 22.3 Å². The lowest BCUT2D eigenvalue weighted by atomic mass is 9.67. The molecule has 0 aromatic heterocycles. The SMILES string of the molecule is Brc1ccc(-c2ccc(N(c3ccccc3)c3ccc4c(c3)C(c3ccccc3)(c3ccccc3)c3ccccc3-4)cc2)cc1. The number of hydrogen-bond donors (Lipinski definition) is 0. The van der Waals surface area contributed by atoms with Crippen LogP contribution in [-0.2, 0) is 5.41 Å². The summed E-state index contributed by atoms with van der Waals surface area (Å²) < 4.78 is 1.08. The van der Waals surface area contributed by atoms with E-state index in [1.165, 1.54) is 44.5 Å². The van der Waals surface area contributed by atoms with E-state index >= 15 is 0 Å². The van der Waals surface area contributed by atoms with Gasteiger partial charge in [0.15, 0.2) is 0 Å². The summed E-state index contributed by atoms with van der Waals surface area (Å²) in [5.41, 5.74) is 13.0. The van der Waals surface area contributed by atoms with Crippen LogP contribution < -0.4 is 4.90 Å². The van der Waals surface area contributed by atoms with Crippen molar-refractivity contribution in [3.05, 3.63) is 209 Å². The van der Waals surface area contributed by atoms with Crippen molar-refractivity contribution < 1.29 is 0 Å². The molecule has 2 heteroatoms. The van der Waals surface area contributed by atoms with Gasteiger partial charge in [0.25, 0.3) is 0 Å². The highest BCUT2D eigenvalue weighted by atomic mass is 79.9. The normalized spacial score (nSPS) is 12.7. The summed E-state index contributed by atoms with van der Waals surface area (Å²) in [7, 11) is 0. The van der Waals surface area contributed by atoms with Crippen molar-refractivity contribution >= 4 is 33.0 Å². The van der Waals surface area contributed by atoms with Crippen LogP contribution in [0.15, 0.2) is 186 Å². The molecule has 0 unspecified atom stereocenters. The highest BCUT2D eigenvalue weighted by Crippen LogP contribution is 2.57. The van der Waals surface area contributed by atoms with Crippen LogP contribution >= 0.6 is 15.9 Å². The molecule has 1 nitrogen and oxygen atoms in total. The van der Waals surface area contributed by atoms with E-state index in [0.717, 1.165) is 21.5 Å². The second-order valence-electron chi connectivity index (χ2n) is 11.5. The average molecular weight is 641 g/mol. The Morgan fingerprint density at radius 1 is 0.378 bits per heavy atom. The molecule has 214 valence electrons. The largest absolute Gasteiger partial charge is 0.310 e. The van der Waals surface area contributed by atoms with Gasteiger partial charge in [0, 0.05) is 21.5 Å². The Hall–Kier alpha value is -5.18. The fourth-order valence-corrected chi connectivity index (χ4v) is 7.31. The molecule has 0 heterocycles. The van der Waals surface area contributed by atoms with Crippen LogP contribution in [0, 0.1) is 0 Å². The Bertz CT molecular complexity index is 2050. The van der Waals surface area contributed by atoms with Crippen LogP contribution in [-0.4, -0.2) is 0 Å². The number of para-hydroxylation sites is 1. The van der Waals surface area contributed by atoms with E-state index < -0.39 is 5.41 Å². The van der Waals surface area contributed by atoms with E-state index in [2.05, 4.69) is 203 Å². The van der Waals surface area contributed by atoms with E-state index in [9.17, 15) is 0 Å². The number of benzene rings is 7. The minimum absolute atomic E-state index is 0.446. The van der Waals surface area contributed by atoms with Gasteiger partial charge in [0.2, 0.25) is 0 Å². The second kappa shape index (κ2) is 11.4. The molecule has 0 saturated heterocycles. The Labute approximate surface area is 273 Å². The van der Waals surface area contributed by atoms with Crippen LogP contribution in [0.25, 0.3) is 22.3 Å². The van der Waals surface area contributed by atoms with Gasteiger partial charge in [-0.1, -0.05) is 149 Å². The first-order valence-electron chi connectivity index (χ1n) is 15.3. The van der Waals surface area contributed by atoms with Gasteiger partial charge < -0.3 is 4.90 Å². The lowest BCUT2D eigenvalue weighted by Gasteiger charge is -2.35.